The fourth-order valence-electron chi connectivity index (χ4n) is 2.84. The number of halogens is 1. The molecule has 112 valence electrons. The molecule has 5 rings (SSSR count). The Morgan fingerprint density at radius 2 is 1.09 bits per heavy atom. The summed E-state index contributed by atoms with van der Waals surface area (Å²) in [6.07, 6.45) is 0. The van der Waals surface area contributed by atoms with E-state index >= 15 is 0 Å². The number of rotatable bonds is 0. The van der Waals surface area contributed by atoms with Gasteiger partial charge in [0.15, 0.2) is 5.95 Å². The summed E-state index contributed by atoms with van der Waals surface area (Å²) >= 11 is 0. The highest BCUT2D eigenvalue weighted by Crippen LogP contribution is 2.24. The van der Waals surface area contributed by atoms with Crippen molar-refractivity contribution < 1.29 is 4.39 Å². The maximum Gasteiger partial charge on any atom is 0.192 e. The molecule has 0 aliphatic carbocycles. The molecule has 0 spiro atoms. The second-order valence-corrected chi connectivity index (χ2v) is 5.42. The van der Waals surface area contributed by atoms with Gasteiger partial charge in [-0.25, -0.2) is 0 Å². The number of aromatic nitrogens is 2. The lowest BCUT2D eigenvalue weighted by atomic mass is 10.2. The average molecular weight is 302 g/mol. The Morgan fingerprint density at radius 1 is 0.565 bits per heavy atom. The van der Waals surface area contributed by atoms with Gasteiger partial charge in [0, 0.05) is 38.8 Å². The van der Waals surface area contributed by atoms with Crippen LogP contribution in [0.25, 0.3) is 32.7 Å². The number of H-pyrrole nitrogens is 2. The zero-order valence-electron chi connectivity index (χ0n) is 12.4. The van der Waals surface area contributed by atoms with E-state index in [1.807, 2.05) is 24.3 Å². The maximum atomic E-state index is 12.5. The molecule has 3 aromatic carbocycles. The lowest BCUT2D eigenvalue weighted by molar-refractivity contribution is 0.595. The van der Waals surface area contributed by atoms with Crippen molar-refractivity contribution in [2.45, 2.75) is 0 Å². The van der Waals surface area contributed by atoms with E-state index < -0.39 is 0 Å². The smallest absolute Gasteiger partial charge is 0.192 e. The van der Waals surface area contributed by atoms with Gasteiger partial charge < -0.3 is 9.97 Å². The van der Waals surface area contributed by atoms with E-state index in [2.05, 4.69) is 58.5 Å². The van der Waals surface area contributed by atoms with Gasteiger partial charge in [0.05, 0.1) is 0 Å². The largest absolute Gasteiger partial charge is 0.355 e. The molecule has 2 heterocycles. The Balaban J connectivity index is 0.000000122. The van der Waals surface area contributed by atoms with Gasteiger partial charge in [0.2, 0.25) is 0 Å². The van der Waals surface area contributed by atoms with E-state index in [-0.39, 0.29) is 5.95 Å². The van der Waals surface area contributed by atoms with Gasteiger partial charge in [-0.3, -0.25) is 0 Å². The molecule has 0 radical (unpaired) electrons. The first-order chi connectivity index (χ1) is 11.3. The molecule has 0 atom stereocenters. The highest BCUT2D eigenvalue weighted by molar-refractivity contribution is 6.06. The number of hydrogen-bond donors (Lipinski definition) is 2. The summed E-state index contributed by atoms with van der Waals surface area (Å²) in [5.74, 6) is -0.277. The van der Waals surface area contributed by atoms with Crippen LogP contribution in [0, 0.1) is 5.95 Å². The zero-order chi connectivity index (χ0) is 15.6. The molecular weight excluding hydrogens is 287 g/mol. The van der Waals surface area contributed by atoms with Crippen molar-refractivity contribution in [3.05, 3.63) is 84.8 Å². The predicted molar refractivity (Wildman–Crippen MR) is 94.1 cm³/mol. The first kappa shape index (κ1) is 13.6. The number of aromatic amines is 2. The van der Waals surface area contributed by atoms with Crippen LogP contribution < -0.4 is 0 Å². The van der Waals surface area contributed by atoms with Crippen molar-refractivity contribution in [2.75, 3.05) is 0 Å². The van der Waals surface area contributed by atoms with Crippen LogP contribution in [0.3, 0.4) is 0 Å². The summed E-state index contributed by atoms with van der Waals surface area (Å²) in [6.45, 7) is 0. The lowest BCUT2D eigenvalue weighted by Crippen LogP contribution is -1.66. The van der Waals surface area contributed by atoms with E-state index in [1.165, 1.54) is 27.9 Å². The molecule has 2 aromatic heterocycles. The third-order valence-electron chi connectivity index (χ3n) is 3.91. The van der Waals surface area contributed by atoms with Crippen LogP contribution in [0.15, 0.2) is 78.9 Å². The molecule has 0 saturated carbocycles. The minimum absolute atomic E-state index is 0.277. The van der Waals surface area contributed by atoms with Crippen LogP contribution in [0.2, 0.25) is 0 Å². The van der Waals surface area contributed by atoms with Crippen molar-refractivity contribution in [3.8, 4) is 0 Å². The summed E-state index contributed by atoms with van der Waals surface area (Å²) in [4.78, 5) is 5.97. The predicted octanol–water partition coefficient (Wildman–Crippen LogP) is 5.63. The molecule has 2 N–H and O–H groups in total. The fraction of sp³-hybridized carbons (Fsp3) is 0. The standard InChI is InChI=1S/C12H9N.C8H6FN/c1-3-7-11-9(5-1)10-6-2-4-8-12(10)13-11;9-8-5-6-3-1-2-4-7(6)10-8/h1-8,13H;1-5,10H. The van der Waals surface area contributed by atoms with Gasteiger partial charge in [-0.15, -0.1) is 0 Å². The molecule has 0 unspecified atom stereocenters. The topological polar surface area (TPSA) is 31.6 Å². The third-order valence-corrected chi connectivity index (χ3v) is 3.91. The van der Waals surface area contributed by atoms with Crippen LogP contribution in [-0.4, -0.2) is 9.97 Å². The first-order valence-corrected chi connectivity index (χ1v) is 7.50. The van der Waals surface area contributed by atoms with E-state index in [1.54, 1.807) is 0 Å². The summed E-state index contributed by atoms with van der Waals surface area (Å²) in [6, 6.07) is 25.7. The van der Waals surface area contributed by atoms with Crippen LogP contribution in [-0.2, 0) is 0 Å². The highest BCUT2D eigenvalue weighted by Gasteiger charge is 2.00. The molecule has 0 fully saturated rings. The zero-order valence-corrected chi connectivity index (χ0v) is 12.4. The normalized spacial score (nSPS) is 10.8. The summed E-state index contributed by atoms with van der Waals surface area (Å²) in [7, 11) is 0. The van der Waals surface area contributed by atoms with Crippen LogP contribution in [0.5, 0.6) is 0 Å². The average Bonchev–Trinajstić information content (AvgIpc) is 3.14. The van der Waals surface area contributed by atoms with Crippen molar-refractivity contribution >= 4 is 32.7 Å². The molecule has 0 saturated heterocycles. The molecule has 0 aliphatic rings. The summed E-state index contributed by atoms with van der Waals surface area (Å²) in [5, 5.41) is 3.52. The Bertz CT molecular complexity index is 1010. The van der Waals surface area contributed by atoms with E-state index in [0.717, 1.165) is 10.9 Å². The number of benzene rings is 3. The Hall–Kier alpha value is -3.07. The fourth-order valence-corrected chi connectivity index (χ4v) is 2.84. The van der Waals surface area contributed by atoms with Crippen LogP contribution in [0.1, 0.15) is 0 Å². The van der Waals surface area contributed by atoms with Crippen molar-refractivity contribution in [3.63, 3.8) is 0 Å². The molecule has 0 bridgehead atoms. The van der Waals surface area contributed by atoms with Gasteiger partial charge >= 0.3 is 0 Å². The van der Waals surface area contributed by atoms with E-state index in [9.17, 15) is 4.39 Å². The van der Waals surface area contributed by atoms with Gasteiger partial charge in [0.25, 0.3) is 0 Å². The lowest BCUT2D eigenvalue weighted by Gasteiger charge is -1.87. The monoisotopic (exact) mass is 302 g/mol. The molecule has 5 aromatic rings. The summed E-state index contributed by atoms with van der Waals surface area (Å²) in [5.41, 5.74) is 3.27. The number of para-hydroxylation sites is 3. The number of hydrogen-bond acceptors (Lipinski definition) is 0. The van der Waals surface area contributed by atoms with E-state index in [4.69, 9.17) is 0 Å². The van der Waals surface area contributed by atoms with Crippen molar-refractivity contribution in [1.29, 1.82) is 0 Å². The number of nitrogens with one attached hydrogen (secondary N) is 2. The van der Waals surface area contributed by atoms with Gasteiger partial charge in [-0.1, -0.05) is 54.6 Å². The molecule has 3 heteroatoms. The third kappa shape index (κ3) is 2.57. The van der Waals surface area contributed by atoms with E-state index in [0.29, 0.717) is 0 Å². The molecule has 23 heavy (non-hydrogen) atoms. The van der Waals surface area contributed by atoms with Gasteiger partial charge in [-0.05, 0) is 18.2 Å². The quantitative estimate of drug-likeness (QED) is 0.371. The SMILES string of the molecule is Fc1cc2ccccc2[nH]1.c1ccc2c(c1)[nH]c1ccccc12. The molecule has 0 amide bonds. The Labute approximate surface area is 132 Å². The Kier molecular flexibility index (Phi) is 3.31. The second-order valence-electron chi connectivity index (χ2n) is 5.42. The first-order valence-electron chi connectivity index (χ1n) is 7.50. The minimum atomic E-state index is -0.277. The number of fused-ring (bicyclic) bond motifs is 4. The van der Waals surface area contributed by atoms with Crippen LogP contribution >= 0.6 is 0 Å². The highest BCUT2D eigenvalue weighted by atomic mass is 19.1. The van der Waals surface area contributed by atoms with Gasteiger partial charge in [-0.2, -0.15) is 4.39 Å². The Morgan fingerprint density at radius 3 is 1.70 bits per heavy atom. The molecule has 0 aliphatic heterocycles. The second kappa shape index (κ2) is 5.61. The van der Waals surface area contributed by atoms with Crippen molar-refractivity contribution in [2.24, 2.45) is 0 Å². The molecule has 2 nitrogen and oxygen atoms in total. The molecular formula is C20H15FN2. The van der Waals surface area contributed by atoms with Gasteiger partial charge in [0.1, 0.15) is 0 Å². The maximum absolute atomic E-state index is 12.5. The van der Waals surface area contributed by atoms with Crippen molar-refractivity contribution in [1.82, 2.24) is 9.97 Å². The van der Waals surface area contributed by atoms with Crippen LogP contribution in [0.4, 0.5) is 4.39 Å². The summed E-state index contributed by atoms with van der Waals surface area (Å²) < 4.78 is 12.5. The minimum Gasteiger partial charge on any atom is -0.355 e.